The van der Waals surface area contributed by atoms with Gasteiger partial charge in [0, 0.05) is 48.9 Å². The molecule has 1 amide bonds. The smallest absolute Gasteiger partial charge is 0.269 e. The first-order valence-corrected chi connectivity index (χ1v) is 8.91. The number of nitrogens with zero attached hydrogens (tertiary/aromatic N) is 3. The van der Waals surface area contributed by atoms with Gasteiger partial charge < -0.3 is 15.0 Å². The van der Waals surface area contributed by atoms with Crippen LogP contribution < -0.4 is 10.6 Å². The first-order chi connectivity index (χ1) is 13.1. The third kappa shape index (κ3) is 4.77. The first kappa shape index (κ1) is 18.7. The largest absolute Gasteiger partial charge is 0.354 e. The van der Waals surface area contributed by atoms with Crippen molar-refractivity contribution in [3.63, 3.8) is 0 Å². The minimum atomic E-state index is -0.314. The van der Waals surface area contributed by atoms with Crippen molar-refractivity contribution in [2.24, 2.45) is 0 Å². The van der Waals surface area contributed by atoms with E-state index in [-0.39, 0.29) is 11.6 Å². The van der Waals surface area contributed by atoms with Gasteiger partial charge in [0.1, 0.15) is 17.6 Å². The number of carbonyl (C=O) groups excluding carboxylic acids is 2. The Morgan fingerprint density at radius 1 is 1.30 bits per heavy atom. The summed E-state index contributed by atoms with van der Waals surface area (Å²) in [5.41, 5.74) is 3.15. The summed E-state index contributed by atoms with van der Waals surface area (Å²) >= 11 is 0. The van der Waals surface area contributed by atoms with E-state index in [1.54, 1.807) is 12.3 Å². The maximum absolute atomic E-state index is 11.8. The molecule has 0 aliphatic heterocycles. The molecule has 0 bridgehead atoms. The molecule has 0 unspecified atom stereocenters. The monoisotopic (exact) mass is 365 g/mol. The number of rotatable bonds is 5. The lowest BCUT2D eigenvalue weighted by Crippen LogP contribution is -2.20. The van der Waals surface area contributed by atoms with Crippen molar-refractivity contribution in [1.29, 1.82) is 0 Å². The van der Waals surface area contributed by atoms with Gasteiger partial charge in [-0.05, 0) is 44.2 Å². The van der Waals surface area contributed by atoms with Gasteiger partial charge in [0.25, 0.3) is 5.91 Å². The molecule has 7 heteroatoms. The number of carbonyl (C=O) groups is 2. The topological polar surface area (TPSA) is 88.4 Å². The molecule has 0 spiro atoms. The number of hydrogen-bond donors (Lipinski definition) is 2. The number of nitrogens with one attached hydrogen (secondary N) is 2. The molecule has 0 atom stereocenters. The third-order valence-electron chi connectivity index (χ3n) is 4.36. The van der Waals surface area contributed by atoms with E-state index in [2.05, 4.69) is 20.6 Å². The highest BCUT2D eigenvalue weighted by Crippen LogP contribution is 2.17. The molecule has 27 heavy (non-hydrogen) atoms. The van der Waals surface area contributed by atoms with E-state index in [0.29, 0.717) is 17.7 Å². The maximum atomic E-state index is 11.8. The SMILES string of the molecule is CNC(=O)c1cc(C=O)cc(Cc2cccc3nccn23)n1.CNC1CC1. The molecular weight excluding hydrogens is 342 g/mol. The van der Waals surface area contributed by atoms with Gasteiger partial charge in [0.05, 0.1) is 0 Å². The van der Waals surface area contributed by atoms with Crippen LogP contribution in [0.25, 0.3) is 5.65 Å². The zero-order chi connectivity index (χ0) is 19.2. The Hall–Kier alpha value is -3.06. The van der Waals surface area contributed by atoms with Crippen molar-refractivity contribution in [2.75, 3.05) is 14.1 Å². The summed E-state index contributed by atoms with van der Waals surface area (Å²) in [5.74, 6) is -0.314. The lowest BCUT2D eigenvalue weighted by Gasteiger charge is -2.08. The van der Waals surface area contributed by atoms with Crippen LogP contribution in [0.1, 0.15) is 45.1 Å². The van der Waals surface area contributed by atoms with E-state index >= 15 is 0 Å². The summed E-state index contributed by atoms with van der Waals surface area (Å²) in [6.45, 7) is 0. The van der Waals surface area contributed by atoms with Crippen LogP contribution in [0.15, 0.2) is 42.7 Å². The van der Waals surface area contributed by atoms with Gasteiger partial charge in [-0.2, -0.15) is 0 Å². The van der Waals surface area contributed by atoms with E-state index < -0.39 is 0 Å². The van der Waals surface area contributed by atoms with Crippen molar-refractivity contribution in [2.45, 2.75) is 25.3 Å². The highest BCUT2D eigenvalue weighted by atomic mass is 16.1. The molecule has 3 heterocycles. The summed E-state index contributed by atoms with van der Waals surface area (Å²) in [6, 6.07) is 9.84. The molecule has 1 aliphatic rings. The molecular formula is C20H23N5O2. The van der Waals surface area contributed by atoms with Crippen molar-refractivity contribution >= 4 is 17.8 Å². The molecule has 7 nitrogen and oxygen atoms in total. The fourth-order valence-corrected chi connectivity index (χ4v) is 2.72. The molecule has 0 saturated heterocycles. The summed E-state index contributed by atoms with van der Waals surface area (Å²) in [5, 5.41) is 5.66. The standard InChI is InChI=1S/C16H14N4O2.C4H9N/c1-17-16(22)14-8-11(10-21)7-12(19-14)9-13-3-2-4-15-18-5-6-20(13)15;1-5-4-2-3-4/h2-8,10H,9H2,1H3,(H,17,22);4-5H,2-3H2,1H3. The minimum absolute atomic E-state index is 0.236. The second kappa shape index (κ2) is 8.55. The lowest BCUT2D eigenvalue weighted by molar-refractivity contribution is 0.0958. The molecule has 0 radical (unpaired) electrons. The van der Waals surface area contributed by atoms with Crippen molar-refractivity contribution in [3.8, 4) is 0 Å². The lowest BCUT2D eigenvalue weighted by atomic mass is 10.1. The summed E-state index contributed by atoms with van der Waals surface area (Å²) in [7, 11) is 3.54. The van der Waals surface area contributed by atoms with Gasteiger partial charge in [-0.25, -0.2) is 9.97 Å². The number of fused-ring (bicyclic) bond motifs is 1. The normalized spacial score (nSPS) is 13.0. The Morgan fingerprint density at radius 2 is 2.11 bits per heavy atom. The van der Waals surface area contributed by atoms with E-state index in [9.17, 15) is 9.59 Å². The van der Waals surface area contributed by atoms with Crippen LogP contribution in [-0.2, 0) is 6.42 Å². The molecule has 4 rings (SSSR count). The molecule has 2 N–H and O–H groups in total. The number of imidazole rings is 1. The van der Waals surface area contributed by atoms with Crippen LogP contribution in [0.2, 0.25) is 0 Å². The Kier molecular flexibility index (Phi) is 5.93. The predicted molar refractivity (Wildman–Crippen MR) is 103 cm³/mol. The molecule has 1 saturated carbocycles. The highest BCUT2D eigenvalue weighted by molar-refractivity contribution is 5.93. The van der Waals surface area contributed by atoms with Gasteiger partial charge in [0.15, 0.2) is 0 Å². The Morgan fingerprint density at radius 3 is 2.74 bits per heavy atom. The second-order valence-electron chi connectivity index (χ2n) is 6.39. The van der Waals surface area contributed by atoms with E-state index in [1.165, 1.54) is 26.0 Å². The molecule has 1 aliphatic carbocycles. The fraction of sp³-hybridized carbons (Fsp3) is 0.300. The van der Waals surface area contributed by atoms with Crippen molar-refractivity contribution < 1.29 is 9.59 Å². The van der Waals surface area contributed by atoms with Gasteiger partial charge >= 0.3 is 0 Å². The van der Waals surface area contributed by atoms with Crippen LogP contribution in [0, 0.1) is 0 Å². The summed E-state index contributed by atoms with van der Waals surface area (Å²) in [4.78, 5) is 31.4. The molecule has 3 aromatic rings. The van der Waals surface area contributed by atoms with Gasteiger partial charge in [-0.3, -0.25) is 9.59 Å². The molecule has 0 aromatic carbocycles. The first-order valence-electron chi connectivity index (χ1n) is 8.91. The van der Waals surface area contributed by atoms with E-state index in [4.69, 9.17) is 0 Å². The number of amides is 1. The quantitative estimate of drug-likeness (QED) is 0.674. The molecule has 1 fully saturated rings. The summed E-state index contributed by atoms with van der Waals surface area (Å²) < 4.78 is 1.95. The van der Waals surface area contributed by atoms with E-state index in [0.717, 1.165) is 23.7 Å². The number of aldehydes is 1. The van der Waals surface area contributed by atoms with Gasteiger partial charge in [-0.1, -0.05) is 6.07 Å². The number of hydrogen-bond acceptors (Lipinski definition) is 5. The minimum Gasteiger partial charge on any atom is -0.354 e. The maximum Gasteiger partial charge on any atom is 0.269 e. The Bertz CT molecular complexity index is 946. The van der Waals surface area contributed by atoms with Crippen LogP contribution in [0.4, 0.5) is 0 Å². The predicted octanol–water partition coefficient (Wildman–Crippen LogP) is 1.86. The average Bonchev–Trinajstić information content (AvgIpc) is 3.43. The van der Waals surface area contributed by atoms with Crippen molar-refractivity contribution in [3.05, 3.63) is 65.4 Å². The highest BCUT2D eigenvalue weighted by Gasteiger charge is 2.17. The van der Waals surface area contributed by atoms with Crippen LogP contribution in [0.5, 0.6) is 0 Å². The zero-order valence-corrected chi connectivity index (χ0v) is 15.5. The Labute approximate surface area is 157 Å². The fourth-order valence-electron chi connectivity index (χ4n) is 2.72. The van der Waals surface area contributed by atoms with E-state index in [1.807, 2.05) is 35.8 Å². The number of pyridine rings is 2. The third-order valence-corrected chi connectivity index (χ3v) is 4.36. The van der Waals surface area contributed by atoms with Gasteiger partial charge in [-0.15, -0.1) is 0 Å². The van der Waals surface area contributed by atoms with Crippen LogP contribution in [0.3, 0.4) is 0 Å². The molecule has 3 aromatic heterocycles. The average molecular weight is 365 g/mol. The zero-order valence-electron chi connectivity index (χ0n) is 15.5. The van der Waals surface area contributed by atoms with Crippen LogP contribution >= 0.6 is 0 Å². The Balaban J connectivity index is 0.000000364. The second-order valence-corrected chi connectivity index (χ2v) is 6.39. The van der Waals surface area contributed by atoms with Gasteiger partial charge in [0.2, 0.25) is 0 Å². The van der Waals surface area contributed by atoms with Crippen LogP contribution in [-0.4, -0.2) is 46.7 Å². The number of aromatic nitrogens is 3. The molecule has 140 valence electrons. The van der Waals surface area contributed by atoms with Crippen molar-refractivity contribution in [1.82, 2.24) is 25.0 Å². The summed E-state index contributed by atoms with van der Waals surface area (Å²) in [6.07, 6.45) is 7.61.